The second kappa shape index (κ2) is 8.73. The van der Waals surface area contributed by atoms with Gasteiger partial charge >= 0.3 is 12.1 Å². The van der Waals surface area contributed by atoms with E-state index in [-0.39, 0.29) is 30.4 Å². The maximum Gasteiger partial charge on any atom is 0.416 e. The van der Waals surface area contributed by atoms with E-state index in [4.69, 9.17) is 4.74 Å². The molecule has 1 aliphatic heterocycles. The Balaban J connectivity index is 1.87. The summed E-state index contributed by atoms with van der Waals surface area (Å²) < 4.78 is 45.1. The molecule has 1 fully saturated rings. The van der Waals surface area contributed by atoms with Crippen LogP contribution in [-0.4, -0.2) is 41.0 Å². The molecule has 2 aromatic rings. The highest BCUT2D eigenvalue weighted by atomic mass is 19.4. The van der Waals surface area contributed by atoms with Crippen LogP contribution >= 0.6 is 0 Å². The van der Waals surface area contributed by atoms with Crippen molar-refractivity contribution in [3.8, 4) is 5.69 Å². The van der Waals surface area contributed by atoms with E-state index >= 15 is 0 Å². The average molecular weight is 422 g/mol. The van der Waals surface area contributed by atoms with Gasteiger partial charge in [0.05, 0.1) is 23.7 Å². The Labute approximate surface area is 170 Å². The van der Waals surface area contributed by atoms with Gasteiger partial charge in [-0.2, -0.15) is 13.2 Å². The molecule has 1 saturated heterocycles. The van der Waals surface area contributed by atoms with Gasteiger partial charge in [0.15, 0.2) is 0 Å². The lowest BCUT2D eigenvalue weighted by Crippen LogP contribution is -2.43. The summed E-state index contributed by atoms with van der Waals surface area (Å²) >= 11 is 0. The lowest BCUT2D eigenvalue weighted by molar-refractivity contribution is -0.149. The monoisotopic (exact) mass is 422 g/mol. The van der Waals surface area contributed by atoms with E-state index in [0.717, 1.165) is 22.8 Å². The quantitative estimate of drug-likeness (QED) is 0.710. The molecule has 1 aliphatic rings. The molecule has 1 unspecified atom stereocenters. The average Bonchev–Trinajstić information content (AvgIpc) is 2.73. The minimum absolute atomic E-state index is 0.00696. The van der Waals surface area contributed by atoms with Crippen LogP contribution in [0.2, 0.25) is 0 Å². The topological polar surface area (TPSA) is 68.6 Å². The van der Waals surface area contributed by atoms with Crippen molar-refractivity contribution in [2.45, 2.75) is 25.9 Å². The van der Waals surface area contributed by atoms with Gasteiger partial charge in [0.2, 0.25) is 0 Å². The van der Waals surface area contributed by atoms with Crippen molar-refractivity contribution >= 4 is 11.9 Å². The number of benzene rings is 1. The summed E-state index contributed by atoms with van der Waals surface area (Å²) in [6, 6.07) is 6.80. The van der Waals surface area contributed by atoms with Gasteiger partial charge in [-0.05, 0) is 44.0 Å². The normalized spacial score (nSPS) is 16.9. The van der Waals surface area contributed by atoms with E-state index in [0.29, 0.717) is 19.4 Å². The third kappa shape index (κ3) is 4.72. The minimum Gasteiger partial charge on any atom is -0.466 e. The van der Waals surface area contributed by atoms with Gasteiger partial charge < -0.3 is 9.64 Å². The number of carbonyl (C=O) groups excluding carboxylic acids is 2. The van der Waals surface area contributed by atoms with Crippen LogP contribution in [0.25, 0.3) is 5.69 Å². The summed E-state index contributed by atoms with van der Waals surface area (Å²) in [4.78, 5) is 38.7. The van der Waals surface area contributed by atoms with E-state index in [1.54, 1.807) is 6.92 Å². The highest BCUT2D eigenvalue weighted by Gasteiger charge is 2.31. The van der Waals surface area contributed by atoms with Crippen molar-refractivity contribution in [3.05, 3.63) is 64.1 Å². The van der Waals surface area contributed by atoms with Gasteiger partial charge in [0.25, 0.3) is 11.5 Å². The van der Waals surface area contributed by atoms with Crippen LogP contribution in [0, 0.1) is 5.92 Å². The van der Waals surface area contributed by atoms with Crippen LogP contribution in [0.1, 0.15) is 35.7 Å². The molecule has 1 amide bonds. The van der Waals surface area contributed by atoms with Crippen molar-refractivity contribution in [2.24, 2.45) is 5.92 Å². The molecule has 1 aromatic heterocycles. The summed E-state index contributed by atoms with van der Waals surface area (Å²) in [5.74, 6) is -1.18. The number of amides is 1. The Hall–Kier alpha value is -3.10. The number of pyridine rings is 1. The highest BCUT2D eigenvalue weighted by molar-refractivity contribution is 5.94. The van der Waals surface area contributed by atoms with E-state index in [1.165, 1.54) is 29.3 Å². The van der Waals surface area contributed by atoms with Gasteiger partial charge in [-0.1, -0.05) is 6.07 Å². The maximum absolute atomic E-state index is 13.0. The number of aromatic nitrogens is 1. The van der Waals surface area contributed by atoms with Crippen molar-refractivity contribution in [3.63, 3.8) is 0 Å². The molecule has 3 rings (SSSR count). The third-order valence-electron chi connectivity index (χ3n) is 4.94. The number of ether oxygens (including phenoxy) is 1. The molecule has 0 radical (unpaired) electrons. The SMILES string of the molecule is CCOC(=O)C1CCCN(C(=O)c2ccc(=O)n(-c3cccc(C(F)(F)F)c3)c2)C1. The van der Waals surface area contributed by atoms with Crippen molar-refractivity contribution in [2.75, 3.05) is 19.7 Å². The van der Waals surface area contributed by atoms with Crippen LogP contribution in [0.5, 0.6) is 0 Å². The van der Waals surface area contributed by atoms with Crippen LogP contribution in [0.4, 0.5) is 13.2 Å². The molecule has 1 atom stereocenters. The van der Waals surface area contributed by atoms with Gasteiger partial charge in [-0.3, -0.25) is 19.0 Å². The van der Waals surface area contributed by atoms with Crippen LogP contribution < -0.4 is 5.56 Å². The predicted octanol–water partition coefficient (Wildman–Crippen LogP) is 3.27. The number of hydrogen-bond donors (Lipinski definition) is 0. The Morgan fingerprint density at radius 2 is 1.97 bits per heavy atom. The number of halogens is 3. The molecule has 9 heteroatoms. The number of rotatable bonds is 4. The molecule has 0 saturated carbocycles. The fraction of sp³-hybridized carbons (Fsp3) is 0.381. The molecule has 160 valence electrons. The zero-order chi connectivity index (χ0) is 21.9. The second-order valence-corrected chi connectivity index (χ2v) is 7.02. The highest BCUT2D eigenvalue weighted by Crippen LogP contribution is 2.30. The van der Waals surface area contributed by atoms with Gasteiger partial charge in [0.1, 0.15) is 0 Å². The number of piperidine rings is 1. The Morgan fingerprint density at radius 3 is 2.67 bits per heavy atom. The third-order valence-corrected chi connectivity index (χ3v) is 4.94. The lowest BCUT2D eigenvalue weighted by atomic mass is 9.97. The molecule has 6 nitrogen and oxygen atoms in total. The minimum atomic E-state index is -4.55. The van der Waals surface area contributed by atoms with Gasteiger partial charge in [-0.25, -0.2) is 0 Å². The second-order valence-electron chi connectivity index (χ2n) is 7.02. The van der Waals surface area contributed by atoms with Gasteiger partial charge in [0, 0.05) is 31.0 Å². The number of likely N-dealkylation sites (tertiary alicyclic amines) is 1. The first-order chi connectivity index (χ1) is 14.2. The molecular formula is C21H21F3N2O4. The van der Waals surface area contributed by atoms with E-state index in [9.17, 15) is 27.6 Å². The van der Waals surface area contributed by atoms with E-state index in [1.807, 2.05) is 0 Å². The largest absolute Gasteiger partial charge is 0.466 e. The summed E-state index contributed by atoms with van der Waals surface area (Å²) in [5.41, 5.74) is -1.30. The fourth-order valence-corrected chi connectivity index (χ4v) is 3.44. The molecular weight excluding hydrogens is 401 g/mol. The summed E-state index contributed by atoms with van der Waals surface area (Å²) in [7, 11) is 0. The lowest BCUT2D eigenvalue weighted by Gasteiger charge is -2.31. The molecule has 0 spiro atoms. The molecule has 0 N–H and O–H groups in total. The maximum atomic E-state index is 13.0. The summed E-state index contributed by atoms with van der Waals surface area (Å²) in [5, 5.41) is 0. The van der Waals surface area contributed by atoms with Crippen LogP contribution in [-0.2, 0) is 15.7 Å². The summed E-state index contributed by atoms with van der Waals surface area (Å²) in [6.07, 6.45) is -2.08. The zero-order valence-corrected chi connectivity index (χ0v) is 16.3. The number of alkyl halides is 3. The number of hydrogen-bond acceptors (Lipinski definition) is 4. The fourth-order valence-electron chi connectivity index (χ4n) is 3.44. The smallest absolute Gasteiger partial charge is 0.416 e. The number of nitrogens with zero attached hydrogens (tertiary/aromatic N) is 2. The molecule has 1 aromatic carbocycles. The van der Waals surface area contributed by atoms with E-state index < -0.39 is 29.1 Å². The van der Waals surface area contributed by atoms with Crippen LogP contribution in [0.15, 0.2) is 47.4 Å². The standard InChI is InChI=1S/C21H21F3N2O4/c1-2-30-20(29)15-5-4-10-25(12-15)19(28)14-8-9-18(27)26(13-14)17-7-3-6-16(11-17)21(22,23)24/h3,6-9,11,13,15H,2,4-5,10,12H2,1H3. The summed E-state index contributed by atoms with van der Waals surface area (Å²) in [6.45, 7) is 2.60. The first-order valence-electron chi connectivity index (χ1n) is 9.57. The molecule has 0 aliphatic carbocycles. The Bertz CT molecular complexity index is 1000. The van der Waals surface area contributed by atoms with Crippen molar-refractivity contribution in [1.82, 2.24) is 9.47 Å². The molecule has 2 heterocycles. The predicted molar refractivity (Wildman–Crippen MR) is 102 cm³/mol. The number of esters is 1. The Morgan fingerprint density at radius 1 is 1.20 bits per heavy atom. The van der Waals surface area contributed by atoms with Gasteiger partial charge in [-0.15, -0.1) is 0 Å². The number of carbonyl (C=O) groups is 2. The van der Waals surface area contributed by atoms with Crippen molar-refractivity contribution < 1.29 is 27.5 Å². The van der Waals surface area contributed by atoms with E-state index in [2.05, 4.69) is 0 Å². The first kappa shape index (κ1) is 21.6. The zero-order valence-electron chi connectivity index (χ0n) is 16.3. The Kier molecular flexibility index (Phi) is 6.28. The van der Waals surface area contributed by atoms with Crippen molar-refractivity contribution in [1.29, 1.82) is 0 Å². The molecule has 30 heavy (non-hydrogen) atoms. The first-order valence-corrected chi connectivity index (χ1v) is 9.57. The van der Waals surface area contributed by atoms with Crippen LogP contribution in [0.3, 0.4) is 0 Å². The molecule has 0 bridgehead atoms.